The summed E-state index contributed by atoms with van der Waals surface area (Å²) in [5.41, 5.74) is 0.208. The zero-order valence-corrected chi connectivity index (χ0v) is 33.5. The van der Waals surface area contributed by atoms with E-state index in [0.29, 0.717) is 33.3 Å². The van der Waals surface area contributed by atoms with E-state index in [0.717, 1.165) is 41.4 Å². The van der Waals surface area contributed by atoms with Crippen LogP contribution in [0, 0.1) is 0 Å². The number of allylic oxidation sites excluding steroid dienone is 2. The summed E-state index contributed by atoms with van der Waals surface area (Å²) in [5, 5.41) is -0.273. The molecule has 16 heteroatoms. The summed E-state index contributed by atoms with van der Waals surface area (Å²) < 4.78 is 56.1. The molecule has 1 saturated heterocycles. The summed E-state index contributed by atoms with van der Waals surface area (Å²) in [7, 11) is 0. The van der Waals surface area contributed by atoms with Gasteiger partial charge in [0.25, 0.3) is 11.8 Å². The van der Waals surface area contributed by atoms with Crippen molar-refractivity contribution in [2.24, 2.45) is 0 Å². The van der Waals surface area contributed by atoms with Crippen LogP contribution in [0.1, 0.15) is 115 Å². The van der Waals surface area contributed by atoms with E-state index in [4.69, 9.17) is 37.5 Å². The number of imide groups is 1. The van der Waals surface area contributed by atoms with Crippen LogP contribution in [0.5, 0.6) is 11.5 Å². The lowest BCUT2D eigenvalue weighted by Crippen LogP contribution is -2.54. The number of ether oxygens (including phenoxy) is 2. The van der Waals surface area contributed by atoms with Gasteiger partial charge in [-0.25, -0.2) is 9.59 Å². The number of anilines is 2. The molecule has 9 rings (SSSR count). The predicted octanol–water partition coefficient (Wildman–Crippen LogP) is 8.82. The molecule has 0 aromatic heterocycles. The molecule has 1 fully saturated rings. The molecule has 6 aliphatic heterocycles. The second-order valence-corrected chi connectivity index (χ2v) is 17.2. The predicted molar refractivity (Wildman–Crippen MR) is 206 cm³/mol. The molecule has 6 heterocycles. The number of carbonyl (C=O) groups excluding carboxylic acids is 5. The second kappa shape index (κ2) is 12.1. The molecule has 3 amide bonds. The molecule has 3 aromatic rings. The van der Waals surface area contributed by atoms with Crippen LogP contribution in [0.3, 0.4) is 0 Å². The fourth-order valence-corrected chi connectivity index (χ4v) is 10.2. The molecule has 6 aliphatic rings. The molecular formula is C42H34Cl2F3N3O8. The first-order valence-electron chi connectivity index (χ1n) is 18.6. The van der Waals surface area contributed by atoms with Crippen LogP contribution >= 0.6 is 23.2 Å². The number of amides is 3. The number of rotatable bonds is 2. The molecule has 0 aliphatic carbocycles. The minimum atomic E-state index is -5.22. The van der Waals surface area contributed by atoms with Crippen LogP contribution in [-0.2, 0) is 36.0 Å². The summed E-state index contributed by atoms with van der Waals surface area (Å²) in [4.78, 5) is 73.7. The van der Waals surface area contributed by atoms with E-state index in [1.54, 1.807) is 13.0 Å². The summed E-state index contributed by atoms with van der Waals surface area (Å²) in [6.45, 7) is 11.6. The number of hydrogen-bond acceptors (Lipinski definition) is 9. The van der Waals surface area contributed by atoms with Gasteiger partial charge in [-0.1, -0.05) is 35.4 Å². The molecule has 1 atom stereocenters. The van der Waals surface area contributed by atoms with Gasteiger partial charge in [-0.05, 0) is 83.7 Å². The van der Waals surface area contributed by atoms with Crippen molar-refractivity contribution in [2.75, 3.05) is 16.3 Å². The van der Waals surface area contributed by atoms with Gasteiger partial charge in [-0.15, -0.1) is 5.06 Å². The first kappa shape index (κ1) is 38.2. The number of fused-ring (bicyclic) bond motifs is 8. The maximum Gasteiger partial charge on any atom is 0.471 e. The van der Waals surface area contributed by atoms with Gasteiger partial charge >= 0.3 is 24.0 Å². The Balaban J connectivity index is 1.34. The van der Waals surface area contributed by atoms with E-state index in [2.05, 4.69) is 24.8 Å². The van der Waals surface area contributed by atoms with E-state index in [-0.39, 0.29) is 51.6 Å². The third-order valence-electron chi connectivity index (χ3n) is 11.9. The topological polar surface area (TPSA) is 123 Å². The average molecular weight is 837 g/mol. The van der Waals surface area contributed by atoms with Crippen molar-refractivity contribution < 1.29 is 51.5 Å². The smallest absolute Gasteiger partial charge is 0.456 e. The third kappa shape index (κ3) is 5.09. The zero-order valence-electron chi connectivity index (χ0n) is 32.0. The normalized spacial score (nSPS) is 22.0. The Morgan fingerprint density at radius 1 is 0.862 bits per heavy atom. The Morgan fingerprint density at radius 3 is 2.17 bits per heavy atom. The molecule has 0 bridgehead atoms. The highest BCUT2D eigenvalue weighted by atomic mass is 35.5. The Morgan fingerprint density at radius 2 is 1.50 bits per heavy atom. The van der Waals surface area contributed by atoms with E-state index >= 15 is 0 Å². The van der Waals surface area contributed by atoms with Crippen molar-refractivity contribution in [1.82, 2.24) is 5.06 Å². The summed E-state index contributed by atoms with van der Waals surface area (Å²) in [5.74, 6) is -5.49. The lowest BCUT2D eigenvalue weighted by Gasteiger charge is -2.48. The minimum absolute atomic E-state index is 0.00485. The fraction of sp³-hybridized carbons (Fsp3) is 0.357. The van der Waals surface area contributed by atoms with Gasteiger partial charge in [0.2, 0.25) is 0 Å². The number of benzene rings is 3. The maximum atomic E-state index is 14.4. The molecule has 1 unspecified atom stereocenters. The van der Waals surface area contributed by atoms with Gasteiger partial charge in [-0.3, -0.25) is 19.3 Å². The molecule has 0 radical (unpaired) electrons. The molecular weight excluding hydrogens is 802 g/mol. The first-order valence-corrected chi connectivity index (χ1v) is 19.3. The highest BCUT2D eigenvalue weighted by Crippen LogP contribution is 2.63. The highest BCUT2D eigenvalue weighted by Gasteiger charge is 2.59. The minimum Gasteiger partial charge on any atom is -0.456 e. The average Bonchev–Trinajstić information content (AvgIpc) is 3.62. The van der Waals surface area contributed by atoms with Crippen molar-refractivity contribution >= 4 is 75.4 Å². The Labute approximate surface area is 339 Å². The van der Waals surface area contributed by atoms with Gasteiger partial charge in [0, 0.05) is 58.8 Å². The van der Waals surface area contributed by atoms with Gasteiger partial charge in [0.05, 0.1) is 43.6 Å². The summed E-state index contributed by atoms with van der Waals surface area (Å²) >= 11 is 14.0. The first-order chi connectivity index (χ1) is 27.1. The van der Waals surface area contributed by atoms with Crippen molar-refractivity contribution in [1.29, 1.82) is 0 Å². The van der Waals surface area contributed by atoms with Crippen LogP contribution in [0.2, 0.25) is 10.0 Å². The number of alkyl halides is 3. The second-order valence-electron chi connectivity index (χ2n) is 16.5. The molecule has 0 saturated carbocycles. The lowest BCUT2D eigenvalue weighted by atomic mass is 9.72. The van der Waals surface area contributed by atoms with Gasteiger partial charge < -0.3 is 19.2 Å². The monoisotopic (exact) mass is 835 g/mol. The molecule has 11 nitrogen and oxygen atoms in total. The Bertz CT molecular complexity index is 2580. The molecule has 1 spiro atoms. The maximum absolute atomic E-state index is 14.4. The molecule has 3 aromatic carbocycles. The lowest BCUT2D eigenvalue weighted by molar-refractivity contribution is -0.172. The van der Waals surface area contributed by atoms with E-state index in [1.165, 1.54) is 26.0 Å². The number of esters is 1. The van der Waals surface area contributed by atoms with Crippen molar-refractivity contribution in [3.8, 4) is 11.5 Å². The van der Waals surface area contributed by atoms with E-state index in [1.807, 2.05) is 13.0 Å². The van der Waals surface area contributed by atoms with Crippen LogP contribution in [0.15, 0.2) is 36.4 Å². The quantitative estimate of drug-likeness (QED) is 0.184. The van der Waals surface area contributed by atoms with Crippen LogP contribution in [-0.4, -0.2) is 58.5 Å². The number of halogens is 5. The largest absolute Gasteiger partial charge is 0.471 e. The third-order valence-corrected chi connectivity index (χ3v) is 12.6. The summed E-state index contributed by atoms with van der Waals surface area (Å²) in [6, 6.07) is 5.91. The zero-order chi connectivity index (χ0) is 41.8. The number of carbonyl (C=O) groups is 5. The van der Waals surface area contributed by atoms with Crippen LogP contribution < -0.4 is 14.5 Å². The highest BCUT2D eigenvalue weighted by molar-refractivity contribution is 6.39. The number of nitrogens with zero attached hydrogens (tertiary/aromatic N) is 3. The van der Waals surface area contributed by atoms with E-state index < -0.39 is 63.1 Å². The Hall–Kier alpha value is -5.34. The standard InChI is InChI=1S/C42H34Cl2F3N3O8/c1-18-17-40(5,6)49(38(55)42(45,46)47)27-15-28-24(12-21(18)27)41(25-13-22-19(2)16-39(3,4)48-11-7-8-20(34(22)48)35(25)56-28)32-26(43)14-23(33(44)31(32)37(54)57-41)36(53)58-50-29(51)9-10-30(50)52/h12-17H,7-11H2,1-6H3. The van der Waals surface area contributed by atoms with Crippen LogP contribution in [0.25, 0.3) is 11.1 Å². The fourth-order valence-electron chi connectivity index (χ4n) is 9.60. The number of hydrogen-bond donors (Lipinski definition) is 0. The molecule has 300 valence electrons. The van der Waals surface area contributed by atoms with Crippen molar-refractivity contribution in [2.45, 2.75) is 90.1 Å². The Kier molecular flexibility index (Phi) is 7.97. The summed E-state index contributed by atoms with van der Waals surface area (Å²) in [6.07, 6.45) is -0.596. The molecule has 0 N–H and O–H groups in total. The van der Waals surface area contributed by atoms with E-state index in [9.17, 15) is 37.1 Å². The SMILES string of the molecule is CC1=CC(C)(C)N(C(=O)C(F)(F)F)c2cc3c(cc21)C1(OC(=O)c2c(Cl)c(C(=O)ON4C(=O)CCC4=O)cc(Cl)c21)c1cc2c4c(c1O3)CCCN4C(C)(C)C=C2C. The molecule has 58 heavy (non-hydrogen) atoms. The van der Waals surface area contributed by atoms with Crippen molar-refractivity contribution in [3.63, 3.8) is 0 Å². The van der Waals surface area contributed by atoms with Gasteiger partial charge in [0.1, 0.15) is 11.5 Å². The number of hydroxylamine groups is 2. The van der Waals surface area contributed by atoms with Crippen LogP contribution in [0.4, 0.5) is 24.5 Å². The van der Waals surface area contributed by atoms with Gasteiger partial charge in [-0.2, -0.15) is 13.2 Å². The van der Waals surface area contributed by atoms with Crippen molar-refractivity contribution in [3.05, 3.63) is 91.0 Å². The van der Waals surface area contributed by atoms with Gasteiger partial charge in [0.15, 0.2) is 5.60 Å².